The molecule has 17 heavy (non-hydrogen) atoms. The zero-order valence-electron chi connectivity index (χ0n) is 9.95. The van der Waals surface area contributed by atoms with Gasteiger partial charge in [-0.25, -0.2) is 0 Å². The number of nitrogens with one attached hydrogen (secondary N) is 1. The maximum Gasteiger partial charge on any atom is 0.231 e. The molecule has 1 aliphatic rings. The highest BCUT2D eigenvalue weighted by atomic mass is 16.7. The molecule has 0 aliphatic carbocycles. The first-order valence-electron chi connectivity index (χ1n) is 5.42. The molecule has 1 aliphatic heterocycles. The molecule has 1 aromatic rings. The van der Waals surface area contributed by atoms with Crippen molar-refractivity contribution >= 4 is 5.91 Å². The van der Waals surface area contributed by atoms with Crippen molar-refractivity contribution in [1.29, 1.82) is 0 Å². The fourth-order valence-corrected chi connectivity index (χ4v) is 1.92. The number of ether oxygens (including phenoxy) is 2. The van der Waals surface area contributed by atoms with Gasteiger partial charge in [0.05, 0.1) is 5.66 Å². The van der Waals surface area contributed by atoms with E-state index >= 15 is 0 Å². The van der Waals surface area contributed by atoms with Gasteiger partial charge in [-0.05, 0) is 24.6 Å². The van der Waals surface area contributed by atoms with Crippen LogP contribution >= 0.6 is 0 Å². The van der Waals surface area contributed by atoms with E-state index in [0.29, 0.717) is 6.42 Å². The van der Waals surface area contributed by atoms with Crippen molar-refractivity contribution in [2.75, 3.05) is 6.79 Å². The number of hydrogen-bond donors (Lipinski definition) is 2. The van der Waals surface area contributed by atoms with Crippen molar-refractivity contribution in [3.05, 3.63) is 23.8 Å². The molecule has 0 spiro atoms. The lowest BCUT2D eigenvalue weighted by Crippen LogP contribution is -2.54. The molecule has 1 heterocycles. The minimum Gasteiger partial charge on any atom is -0.454 e. The van der Waals surface area contributed by atoms with E-state index in [9.17, 15) is 4.79 Å². The van der Waals surface area contributed by atoms with E-state index in [0.717, 1.165) is 17.1 Å². The molecule has 92 valence electrons. The van der Waals surface area contributed by atoms with Crippen LogP contribution in [0.15, 0.2) is 18.2 Å². The van der Waals surface area contributed by atoms with Crippen LogP contribution < -0.4 is 20.5 Å². The number of benzene rings is 1. The number of rotatable bonds is 3. The Morgan fingerprint density at radius 3 is 2.88 bits per heavy atom. The standard InChI is InChI=1S/C12H16N2O3/c1-8(15)14-12(2,13)6-9-3-4-10-11(5-9)17-7-16-10/h3-5H,6-7,13H2,1-2H3,(H,14,15). The summed E-state index contributed by atoms with van der Waals surface area (Å²) in [6, 6.07) is 5.65. The van der Waals surface area contributed by atoms with Crippen LogP contribution in [0.2, 0.25) is 0 Å². The van der Waals surface area contributed by atoms with Crippen LogP contribution in [-0.2, 0) is 11.2 Å². The maximum absolute atomic E-state index is 11.0. The van der Waals surface area contributed by atoms with Crippen molar-refractivity contribution in [1.82, 2.24) is 5.32 Å². The quantitative estimate of drug-likeness (QED) is 0.760. The number of amides is 1. The fraction of sp³-hybridized carbons (Fsp3) is 0.417. The summed E-state index contributed by atoms with van der Waals surface area (Å²) in [5.41, 5.74) is 6.22. The van der Waals surface area contributed by atoms with Gasteiger partial charge in [0.1, 0.15) is 0 Å². The Morgan fingerprint density at radius 1 is 1.47 bits per heavy atom. The van der Waals surface area contributed by atoms with E-state index in [4.69, 9.17) is 15.2 Å². The first-order valence-corrected chi connectivity index (χ1v) is 5.42. The van der Waals surface area contributed by atoms with Gasteiger partial charge in [-0.2, -0.15) is 0 Å². The van der Waals surface area contributed by atoms with Crippen LogP contribution in [0.4, 0.5) is 0 Å². The van der Waals surface area contributed by atoms with Gasteiger partial charge in [-0.3, -0.25) is 4.79 Å². The van der Waals surface area contributed by atoms with E-state index in [-0.39, 0.29) is 12.7 Å². The van der Waals surface area contributed by atoms with Gasteiger partial charge in [0.15, 0.2) is 11.5 Å². The average molecular weight is 236 g/mol. The topological polar surface area (TPSA) is 73.6 Å². The Kier molecular flexibility index (Phi) is 2.93. The molecule has 0 radical (unpaired) electrons. The predicted molar refractivity (Wildman–Crippen MR) is 62.7 cm³/mol. The molecule has 1 amide bonds. The minimum absolute atomic E-state index is 0.143. The maximum atomic E-state index is 11.0. The van der Waals surface area contributed by atoms with Gasteiger partial charge in [0, 0.05) is 13.3 Å². The van der Waals surface area contributed by atoms with Crippen LogP contribution in [-0.4, -0.2) is 18.4 Å². The average Bonchev–Trinajstić information content (AvgIpc) is 2.61. The smallest absolute Gasteiger partial charge is 0.231 e. The third-order valence-electron chi connectivity index (χ3n) is 2.47. The molecule has 0 bridgehead atoms. The fourth-order valence-electron chi connectivity index (χ4n) is 1.92. The lowest BCUT2D eigenvalue weighted by Gasteiger charge is -2.25. The third-order valence-corrected chi connectivity index (χ3v) is 2.47. The summed E-state index contributed by atoms with van der Waals surface area (Å²) < 4.78 is 10.5. The Balaban J connectivity index is 2.11. The SMILES string of the molecule is CC(=O)NC(C)(N)Cc1ccc2c(c1)OCO2. The molecule has 0 saturated heterocycles. The molecule has 0 fully saturated rings. The first-order chi connectivity index (χ1) is 7.96. The van der Waals surface area contributed by atoms with Crippen LogP contribution in [0.3, 0.4) is 0 Å². The first kappa shape index (κ1) is 11.7. The molecule has 5 heteroatoms. The summed E-state index contributed by atoms with van der Waals surface area (Å²) in [4.78, 5) is 11.0. The second kappa shape index (κ2) is 4.25. The highest BCUT2D eigenvalue weighted by Gasteiger charge is 2.21. The second-order valence-corrected chi connectivity index (χ2v) is 4.46. The van der Waals surface area contributed by atoms with Crippen molar-refractivity contribution in [2.24, 2.45) is 5.73 Å². The van der Waals surface area contributed by atoms with Crippen LogP contribution in [0.25, 0.3) is 0 Å². The van der Waals surface area contributed by atoms with Crippen LogP contribution in [0.1, 0.15) is 19.4 Å². The highest BCUT2D eigenvalue weighted by molar-refractivity contribution is 5.73. The van der Waals surface area contributed by atoms with Crippen molar-refractivity contribution in [3.8, 4) is 11.5 Å². The molecule has 5 nitrogen and oxygen atoms in total. The van der Waals surface area contributed by atoms with Crippen LogP contribution in [0.5, 0.6) is 11.5 Å². The number of nitrogens with two attached hydrogens (primary N) is 1. The molecular weight excluding hydrogens is 220 g/mol. The Bertz CT molecular complexity index is 443. The van der Waals surface area contributed by atoms with Gasteiger partial charge < -0.3 is 20.5 Å². The normalized spacial score (nSPS) is 16.4. The molecule has 3 N–H and O–H groups in total. The van der Waals surface area contributed by atoms with E-state index in [1.807, 2.05) is 18.2 Å². The summed E-state index contributed by atoms with van der Waals surface area (Å²) >= 11 is 0. The summed E-state index contributed by atoms with van der Waals surface area (Å²) in [6.45, 7) is 3.48. The van der Waals surface area contributed by atoms with Gasteiger partial charge >= 0.3 is 0 Å². The number of hydrogen-bond acceptors (Lipinski definition) is 4. The van der Waals surface area contributed by atoms with E-state index in [2.05, 4.69) is 5.32 Å². The van der Waals surface area contributed by atoms with Gasteiger partial charge in [0.2, 0.25) is 12.7 Å². The lowest BCUT2D eigenvalue weighted by atomic mass is 10.0. The molecule has 1 atom stereocenters. The largest absolute Gasteiger partial charge is 0.454 e. The molecule has 2 rings (SSSR count). The Hall–Kier alpha value is -1.75. The zero-order chi connectivity index (χ0) is 12.5. The van der Waals surface area contributed by atoms with Gasteiger partial charge in [0.25, 0.3) is 0 Å². The highest BCUT2D eigenvalue weighted by Crippen LogP contribution is 2.33. The third kappa shape index (κ3) is 2.88. The van der Waals surface area contributed by atoms with E-state index < -0.39 is 5.66 Å². The molecule has 0 aromatic heterocycles. The second-order valence-electron chi connectivity index (χ2n) is 4.46. The summed E-state index contributed by atoms with van der Waals surface area (Å²) in [7, 11) is 0. The number of carbonyl (C=O) groups excluding carboxylic acids is 1. The predicted octanol–water partition coefficient (Wildman–Crippen LogP) is 0.769. The Morgan fingerprint density at radius 2 is 2.18 bits per heavy atom. The van der Waals surface area contributed by atoms with Crippen LogP contribution in [0, 0.1) is 0 Å². The summed E-state index contributed by atoms with van der Waals surface area (Å²) in [6.07, 6.45) is 0.531. The summed E-state index contributed by atoms with van der Waals surface area (Å²) in [5.74, 6) is 1.32. The monoisotopic (exact) mass is 236 g/mol. The van der Waals surface area contributed by atoms with E-state index in [1.54, 1.807) is 6.92 Å². The molecule has 1 aromatic carbocycles. The lowest BCUT2D eigenvalue weighted by molar-refractivity contribution is -0.120. The number of fused-ring (bicyclic) bond motifs is 1. The van der Waals surface area contributed by atoms with E-state index in [1.165, 1.54) is 6.92 Å². The minimum atomic E-state index is -0.764. The molecule has 0 saturated carbocycles. The molecule has 1 unspecified atom stereocenters. The number of carbonyl (C=O) groups is 1. The molecular formula is C12H16N2O3. The van der Waals surface area contributed by atoms with Crippen molar-refractivity contribution in [2.45, 2.75) is 25.9 Å². The van der Waals surface area contributed by atoms with Crippen molar-refractivity contribution in [3.63, 3.8) is 0 Å². The Labute approximate surface area is 99.9 Å². The van der Waals surface area contributed by atoms with Crippen molar-refractivity contribution < 1.29 is 14.3 Å². The van der Waals surface area contributed by atoms with Gasteiger partial charge in [-0.1, -0.05) is 6.07 Å². The van der Waals surface area contributed by atoms with Gasteiger partial charge in [-0.15, -0.1) is 0 Å². The zero-order valence-corrected chi connectivity index (χ0v) is 9.95. The summed E-state index contributed by atoms with van der Waals surface area (Å²) in [5, 5.41) is 2.70.